The van der Waals surface area contributed by atoms with Crippen molar-refractivity contribution in [3.8, 4) is 0 Å². The van der Waals surface area contributed by atoms with Gasteiger partial charge in [0.05, 0.1) is 6.04 Å². The number of nitrogens with zero attached hydrogens (tertiary/aromatic N) is 3. The molecule has 2 saturated heterocycles. The van der Waals surface area contributed by atoms with Crippen LogP contribution in [0.2, 0.25) is 0 Å². The van der Waals surface area contributed by atoms with Crippen molar-refractivity contribution >= 4 is 16.7 Å². The number of benzene rings is 2. The highest BCUT2D eigenvalue weighted by Gasteiger charge is 2.49. The number of carbonyl (C=O) groups excluding carboxylic acids is 1. The molecule has 2 fully saturated rings. The summed E-state index contributed by atoms with van der Waals surface area (Å²) >= 11 is 0. The van der Waals surface area contributed by atoms with Crippen LogP contribution >= 0.6 is 0 Å². The van der Waals surface area contributed by atoms with Crippen molar-refractivity contribution in [2.45, 2.75) is 19.9 Å². The Bertz CT molecular complexity index is 1060. The summed E-state index contributed by atoms with van der Waals surface area (Å²) in [5, 5.41) is 2.01. The fraction of sp³-hybridized carbons (Fsp3) is 0.360. The predicted octanol–water partition coefficient (Wildman–Crippen LogP) is 4.31. The molecule has 0 saturated carbocycles. The van der Waals surface area contributed by atoms with Crippen molar-refractivity contribution in [2.75, 3.05) is 26.2 Å². The lowest BCUT2D eigenvalue weighted by molar-refractivity contribution is 0.0703. The third-order valence-corrected chi connectivity index (χ3v) is 6.87. The Hall–Kier alpha value is -2.72. The highest BCUT2D eigenvalue weighted by Crippen LogP contribution is 2.46. The molecule has 0 N–H and O–H groups in total. The smallest absolute Gasteiger partial charge is 0.255 e. The summed E-state index contributed by atoms with van der Waals surface area (Å²) in [6, 6.07) is 16.6. The van der Waals surface area contributed by atoms with E-state index in [0.29, 0.717) is 11.8 Å². The molecule has 1 amide bonds. The van der Waals surface area contributed by atoms with E-state index in [-0.39, 0.29) is 11.9 Å². The van der Waals surface area contributed by atoms with Crippen molar-refractivity contribution in [1.82, 2.24) is 14.8 Å². The quantitative estimate of drug-likeness (QED) is 0.674. The molecule has 3 aromatic rings. The Morgan fingerprint density at radius 1 is 1.07 bits per heavy atom. The molecule has 0 bridgehead atoms. The number of carbonyl (C=O) groups is 1. The molecule has 0 spiro atoms. The molecule has 2 aliphatic heterocycles. The number of rotatable bonds is 3. The summed E-state index contributed by atoms with van der Waals surface area (Å²) in [7, 11) is 0. The summed E-state index contributed by atoms with van der Waals surface area (Å²) < 4.78 is 0. The van der Waals surface area contributed by atoms with Crippen LogP contribution in [-0.4, -0.2) is 46.9 Å². The van der Waals surface area contributed by atoms with E-state index in [1.165, 1.54) is 11.1 Å². The molecule has 0 unspecified atom stereocenters. The molecule has 2 aliphatic rings. The topological polar surface area (TPSA) is 36.4 Å². The van der Waals surface area contributed by atoms with Crippen LogP contribution < -0.4 is 0 Å². The number of amides is 1. The molecular formula is C25H27N3O. The second kappa shape index (κ2) is 7.27. The lowest BCUT2D eigenvalue weighted by Crippen LogP contribution is -2.36. The Balaban J connectivity index is 1.58. The van der Waals surface area contributed by atoms with E-state index in [9.17, 15) is 4.79 Å². The molecule has 3 atom stereocenters. The third-order valence-electron chi connectivity index (χ3n) is 6.87. The van der Waals surface area contributed by atoms with Gasteiger partial charge in [-0.1, -0.05) is 43.3 Å². The maximum absolute atomic E-state index is 13.8. The van der Waals surface area contributed by atoms with E-state index in [0.717, 1.165) is 42.5 Å². The van der Waals surface area contributed by atoms with Gasteiger partial charge < -0.3 is 9.80 Å². The van der Waals surface area contributed by atoms with Gasteiger partial charge in [-0.2, -0.15) is 0 Å². The zero-order chi connectivity index (χ0) is 20.0. The molecule has 2 aromatic carbocycles. The van der Waals surface area contributed by atoms with E-state index in [2.05, 4.69) is 52.9 Å². The monoisotopic (exact) mass is 385 g/mol. The van der Waals surface area contributed by atoms with Crippen LogP contribution in [0.1, 0.15) is 34.5 Å². The SMILES string of the molecule is CCN1C[C@H]2CN(C(=O)c3cccc4cnccc34)[C@H](c3ccccc3C)[C@H]2C1. The van der Waals surface area contributed by atoms with Crippen molar-refractivity contribution in [1.29, 1.82) is 0 Å². The lowest BCUT2D eigenvalue weighted by atomic mass is 9.87. The minimum absolute atomic E-state index is 0.141. The van der Waals surface area contributed by atoms with Gasteiger partial charge in [-0.3, -0.25) is 9.78 Å². The average Bonchev–Trinajstić information content (AvgIpc) is 3.31. The molecule has 1 aromatic heterocycles. The van der Waals surface area contributed by atoms with Gasteiger partial charge in [0.15, 0.2) is 0 Å². The number of fused-ring (bicyclic) bond motifs is 2. The van der Waals surface area contributed by atoms with Crippen LogP contribution in [0.25, 0.3) is 10.8 Å². The maximum atomic E-state index is 13.8. The first-order chi connectivity index (χ1) is 14.2. The first-order valence-corrected chi connectivity index (χ1v) is 10.6. The van der Waals surface area contributed by atoms with Crippen LogP contribution in [0.3, 0.4) is 0 Å². The Labute approximate surface area is 172 Å². The zero-order valence-electron chi connectivity index (χ0n) is 17.1. The Morgan fingerprint density at radius 2 is 1.93 bits per heavy atom. The van der Waals surface area contributed by atoms with E-state index < -0.39 is 0 Å². The van der Waals surface area contributed by atoms with Crippen molar-refractivity contribution < 1.29 is 4.79 Å². The van der Waals surface area contributed by atoms with Crippen molar-refractivity contribution in [3.05, 3.63) is 77.6 Å². The van der Waals surface area contributed by atoms with Crippen LogP contribution in [0.15, 0.2) is 60.9 Å². The lowest BCUT2D eigenvalue weighted by Gasteiger charge is -2.31. The average molecular weight is 386 g/mol. The Kier molecular flexibility index (Phi) is 4.59. The molecular weight excluding hydrogens is 358 g/mol. The van der Waals surface area contributed by atoms with Crippen LogP contribution in [0, 0.1) is 18.8 Å². The molecule has 3 heterocycles. The highest BCUT2D eigenvalue weighted by molar-refractivity contribution is 6.07. The van der Waals surface area contributed by atoms with Gasteiger partial charge in [-0.05, 0) is 48.0 Å². The van der Waals surface area contributed by atoms with E-state index in [1.54, 1.807) is 6.20 Å². The van der Waals surface area contributed by atoms with Gasteiger partial charge in [-0.25, -0.2) is 0 Å². The summed E-state index contributed by atoms with van der Waals surface area (Å²) in [5.74, 6) is 1.18. The standard InChI is InChI=1S/C25H27N3O/c1-3-27-14-19-15-28(24(23(19)16-27)20-9-5-4-7-17(20)2)25(29)22-10-6-8-18-13-26-12-11-21(18)22/h4-13,19,23-24H,3,14-16H2,1-2H3/t19-,23-,24+/m0/s1. The zero-order valence-corrected chi connectivity index (χ0v) is 17.1. The number of pyridine rings is 1. The summed E-state index contributed by atoms with van der Waals surface area (Å²) in [6.07, 6.45) is 3.61. The van der Waals surface area contributed by atoms with Gasteiger partial charge in [0.25, 0.3) is 5.91 Å². The van der Waals surface area contributed by atoms with Crippen LogP contribution in [-0.2, 0) is 0 Å². The Morgan fingerprint density at radius 3 is 2.76 bits per heavy atom. The summed E-state index contributed by atoms with van der Waals surface area (Å²) in [4.78, 5) is 22.7. The second-order valence-electron chi connectivity index (χ2n) is 8.44. The fourth-order valence-corrected chi connectivity index (χ4v) is 5.39. The molecule has 5 rings (SSSR count). The summed E-state index contributed by atoms with van der Waals surface area (Å²) in [6.45, 7) is 8.48. The first-order valence-electron chi connectivity index (χ1n) is 10.6. The van der Waals surface area contributed by atoms with Gasteiger partial charge >= 0.3 is 0 Å². The van der Waals surface area contributed by atoms with Crippen LogP contribution in [0.5, 0.6) is 0 Å². The van der Waals surface area contributed by atoms with Gasteiger partial charge in [0.2, 0.25) is 0 Å². The predicted molar refractivity (Wildman–Crippen MR) is 116 cm³/mol. The van der Waals surface area contributed by atoms with E-state index >= 15 is 0 Å². The van der Waals surface area contributed by atoms with Gasteiger partial charge in [-0.15, -0.1) is 0 Å². The number of likely N-dealkylation sites (tertiary alicyclic amines) is 2. The number of hydrogen-bond donors (Lipinski definition) is 0. The second-order valence-corrected chi connectivity index (χ2v) is 8.44. The number of hydrogen-bond acceptors (Lipinski definition) is 3. The largest absolute Gasteiger partial charge is 0.331 e. The minimum atomic E-state index is 0.141. The first kappa shape index (κ1) is 18.3. The third kappa shape index (κ3) is 3.03. The van der Waals surface area contributed by atoms with Crippen LogP contribution in [0.4, 0.5) is 0 Å². The molecule has 0 aliphatic carbocycles. The maximum Gasteiger partial charge on any atom is 0.255 e. The molecule has 29 heavy (non-hydrogen) atoms. The summed E-state index contributed by atoms with van der Waals surface area (Å²) in [5.41, 5.74) is 3.36. The minimum Gasteiger partial charge on any atom is -0.331 e. The molecule has 4 heteroatoms. The normalized spacial score (nSPS) is 24.2. The molecule has 148 valence electrons. The molecule has 0 radical (unpaired) electrons. The van der Waals surface area contributed by atoms with Crippen molar-refractivity contribution in [2.24, 2.45) is 11.8 Å². The van der Waals surface area contributed by atoms with E-state index in [4.69, 9.17) is 0 Å². The fourth-order valence-electron chi connectivity index (χ4n) is 5.39. The van der Waals surface area contributed by atoms with E-state index in [1.807, 2.05) is 30.5 Å². The van der Waals surface area contributed by atoms with Gasteiger partial charge in [0.1, 0.15) is 0 Å². The van der Waals surface area contributed by atoms with Crippen molar-refractivity contribution in [3.63, 3.8) is 0 Å². The molecule has 4 nitrogen and oxygen atoms in total. The number of aromatic nitrogens is 1. The number of aryl methyl sites for hydroxylation is 1. The highest BCUT2D eigenvalue weighted by atomic mass is 16.2. The van der Waals surface area contributed by atoms with Gasteiger partial charge in [0, 0.05) is 48.9 Å².